The molecule has 0 atom stereocenters. The summed E-state index contributed by atoms with van der Waals surface area (Å²) in [4.78, 5) is 0. The number of fused-ring (bicyclic) bond motifs is 1. The minimum atomic E-state index is -2.92. The average Bonchev–Trinajstić information content (AvgIpc) is 2.79. The molecule has 0 amide bonds. The molecule has 5 heteroatoms. The lowest BCUT2D eigenvalue weighted by atomic mass is 10.1. The third kappa shape index (κ3) is 3.61. The van der Waals surface area contributed by atoms with E-state index in [-0.39, 0.29) is 11.5 Å². The van der Waals surface area contributed by atoms with E-state index in [0.717, 1.165) is 17.4 Å². The molecule has 4 nitrogen and oxygen atoms in total. The number of aryl methyl sites for hydroxylation is 1. The summed E-state index contributed by atoms with van der Waals surface area (Å²) in [7, 11) is -0.999. The first-order valence-corrected chi connectivity index (χ1v) is 8.80. The Morgan fingerprint density at radius 1 is 1.20 bits per heavy atom. The fourth-order valence-electron chi connectivity index (χ4n) is 2.41. The summed E-state index contributed by atoms with van der Waals surface area (Å²) in [5.41, 5.74) is 2.33. The second-order valence-electron chi connectivity index (χ2n) is 5.08. The molecular weight excluding hydrogens is 272 g/mol. The lowest BCUT2D eigenvalue weighted by molar-refractivity contribution is 0.588. The summed E-state index contributed by atoms with van der Waals surface area (Å²) in [6.45, 7) is 3.26. The minimum absolute atomic E-state index is 0.211. The average molecular weight is 294 g/mol. The van der Waals surface area contributed by atoms with E-state index >= 15 is 0 Å². The van der Waals surface area contributed by atoms with Gasteiger partial charge in [-0.2, -0.15) is 0 Å². The molecule has 0 aliphatic rings. The van der Waals surface area contributed by atoms with Gasteiger partial charge < -0.3 is 9.88 Å². The summed E-state index contributed by atoms with van der Waals surface area (Å²) < 4.78 is 25.6. The highest BCUT2D eigenvalue weighted by Gasteiger charge is 2.10. The Morgan fingerprint density at radius 3 is 2.70 bits per heavy atom. The number of sulfone groups is 1. The van der Waals surface area contributed by atoms with Gasteiger partial charge in [-0.25, -0.2) is 8.42 Å². The first-order valence-electron chi connectivity index (χ1n) is 6.98. The van der Waals surface area contributed by atoms with Gasteiger partial charge in [0.1, 0.15) is 0 Å². The number of aromatic nitrogens is 1. The first kappa shape index (κ1) is 15.1. The van der Waals surface area contributed by atoms with E-state index < -0.39 is 9.84 Å². The molecule has 1 N–H and O–H groups in total. The maximum atomic E-state index is 11.8. The predicted octanol–water partition coefficient (Wildman–Crippen LogP) is 2.19. The number of nitrogens with one attached hydrogen (secondary N) is 1. The molecule has 0 radical (unpaired) electrons. The molecule has 20 heavy (non-hydrogen) atoms. The zero-order valence-corrected chi connectivity index (χ0v) is 12.9. The summed E-state index contributed by atoms with van der Waals surface area (Å²) in [5, 5.41) is 4.29. The van der Waals surface area contributed by atoms with Gasteiger partial charge in [0.2, 0.25) is 0 Å². The maximum absolute atomic E-state index is 11.8. The van der Waals surface area contributed by atoms with Crippen LogP contribution in [0.2, 0.25) is 0 Å². The molecule has 2 rings (SSSR count). The minimum Gasteiger partial charge on any atom is -0.346 e. The zero-order chi connectivity index (χ0) is 14.6. The molecule has 1 aromatic carbocycles. The molecule has 0 spiro atoms. The highest BCUT2D eigenvalue weighted by Crippen LogP contribution is 2.18. The van der Waals surface area contributed by atoms with Crippen molar-refractivity contribution >= 4 is 20.7 Å². The van der Waals surface area contributed by atoms with Crippen molar-refractivity contribution in [1.82, 2.24) is 9.88 Å². The summed E-state index contributed by atoms with van der Waals surface area (Å²) in [5.74, 6) is 0.488. The van der Waals surface area contributed by atoms with Crippen LogP contribution >= 0.6 is 0 Å². The van der Waals surface area contributed by atoms with Crippen molar-refractivity contribution in [2.45, 2.75) is 26.4 Å². The predicted molar refractivity (Wildman–Crippen MR) is 83.6 cm³/mol. The van der Waals surface area contributed by atoms with E-state index in [1.165, 1.54) is 5.56 Å². The van der Waals surface area contributed by atoms with Crippen molar-refractivity contribution in [1.29, 1.82) is 0 Å². The largest absolute Gasteiger partial charge is 0.346 e. The molecular formula is C15H22N2O2S. The number of benzene rings is 1. The Hall–Kier alpha value is -1.33. The molecule has 0 fully saturated rings. The lowest BCUT2D eigenvalue weighted by Gasteiger charge is -2.07. The van der Waals surface area contributed by atoms with Gasteiger partial charge in [-0.15, -0.1) is 0 Å². The topological polar surface area (TPSA) is 51.1 Å². The third-order valence-electron chi connectivity index (χ3n) is 3.37. The highest BCUT2D eigenvalue weighted by molar-refractivity contribution is 7.91. The van der Waals surface area contributed by atoms with Crippen LogP contribution in [0.25, 0.3) is 10.9 Å². The van der Waals surface area contributed by atoms with Gasteiger partial charge in [-0.05, 0) is 42.6 Å². The van der Waals surface area contributed by atoms with Crippen LogP contribution in [-0.4, -0.2) is 31.5 Å². The van der Waals surface area contributed by atoms with Crippen LogP contribution in [-0.2, 0) is 22.9 Å². The van der Waals surface area contributed by atoms with Crippen molar-refractivity contribution < 1.29 is 8.42 Å². The van der Waals surface area contributed by atoms with Crippen molar-refractivity contribution in [2.24, 2.45) is 0 Å². The third-order valence-corrected chi connectivity index (χ3v) is 5.21. The Morgan fingerprint density at radius 2 is 2.00 bits per heavy atom. The van der Waals surface area contributed by atoms with Crippen LogP contribution in [0.4, 0.5) is 0 Å². The molecule has 110 valence electrons. The van der Waals surface area contributed by atoms with Gasteiger partial charge >= 0.3 is 0 Å². The van der Waals surface area contributed by atoms with Crippen LogP contribution in [0.15, 0.2) is 30.5 Å². The van der Waals surface area contributed by atoms with Crippen LogP contribution in [0, 0.1) is 0 Å². The molecule has 0 saturated carbocycles. The van der Waals surface area contributed by atoms with E-state index in [4.69, 9.17) is 0 Å². The second kappa shape index (κ2) is 6.41. The molecule has 0 aliphatic carbocycles. The van der Waals surface area contributed by atoms with Gasteiger partial charge in [-0.3, -0.25) is 0 Å². The van der Waals surface area contributed by atoms with Crippen molar-refractivity contribution in [3.63, 3.8) is 0 Å². The standard InChI is InChI=1S/C15H22N2O2S/c1-3-9-20(18,19)10-8-17-7-6-14-11-13(12-16-2)4-5-15(14)17/h4-7,11,16H,3,8-10,12H2,1-2H3. The van der Waals surface area contributed by atoms with Gasteiger partial charge in [-0.1, -0.05) is 13.0 Å². The Balaban J connectivity index is 2.15. The monoisotopic (exact) mass is 294 g/mol. The van der Waals surface area contributed by atoms with Crippen LogP contribution < -0.4 is 5.32 Å². The molecule has 1 heterocycles. The van der Waals surface area contributed by atoms with Crippen molar-refractivity contribution in [2.75, 3.05) is 18.6 Å². The summed E-state index contributed by atoms with van der Waals surface area (Å²) >= 11 is 0. The zero-order valence-electron chi connectivity index (χ0n) is 12.1. The van der Waals surface area contributed by atoms with Crippen LogP contribution in [0.3, 0.4) is 0 Å². The molecule has 0 saturated heterocycles. The fraction of sp³-hybridized carbons (Fsp3) is 0.467. The lowest BCUT2D eigenvalue weighted by Crippen LogP contribution is -2.15. The summed E-state index contributed by atoms with van der Waals surface area (Å²) in [6.07, 6.45) is 2.65. The Kier molecular flexibility index (Phi) is 4.83. The van der Waals surface area contributed by atoms with E-state index in [1.54, 1.807) is 0 Å². The number of hydrogen-bond donors (Lipinski definition) is 1. The van der Waals surface area contributed by atoms with Gasteiger partial charge in [0.25, 0.3) is 0 Å². The van der Waals surface area contributed by atoms with E-state index in [1.807, 2.05) is 30.8 Å². The Bertz CT molecular complexity index is 674. The Labute approximate surface area is 120 Å². The van der Waals surface area contributed by atoms with E-state index in [0.29, 0.717) is 13.0 Å². The van der Waals surface area contributed by atoms with E-state index in [2.05, 4.69) is 23.5 Å². The smallest absolute Gasteiger partial charge is 0.152 e. The van der Waals surface area contributed by atoms with Crippen LogP contribution in [0.1, 0.15) is 18.9 Å². The highest BCUT2D eigenvalue weighted by atomic mass is 32.2. The number of rotatable bonds is 7. The quantitative estimate of drug-likeness (QED) is 0.851. The van der Waals surface area contributed by atoms with Gasteiger partial charge in [0.15, 0.2) is 9.84 Å². The van der Waals surface area contributed by atoms with Crippen molar-refractivity contribution in [3.05, 3.63) is 36.0 Å². The molecule has 2 aromatic rings. The number of hydrogen-bond acceptors (Lipinski definition) is 3. The first-order chi connectivity index (χ1) is 9.55. The molecule has 1 aromatic heterocycles. The van der Waals surface area contributed by atoms with E-state index in [9.17, 15) is 8.42 Å². The molecule has 0 bridgehead atoms. The van der Waals surface area contributed by atoms with Crippen molar-refractivity contribution in [3.8, 4) is 0 Å². The SMILES string of the molecule is CCCS(=O)(=O)CCn1ccc2cc(CNC)ccc21. The van der Waals surface area contributed by atoms with Gasteiger partial charge in [0.05, 0.1) is 5.75 Å². The number of nitrogens with zero attached hydrogens (tertiary/aromatic N) is 1. The molecule has 0 aliphatic heterocycles. The second-order valence-corrected chi connectivity index (χ2v) is 7.39. The maximum Gasteiger partial charge on any atom is 0.152 e. The molecule has 0 unspecified atom stereocenters. The van der Waals surface area contributed by atoms with Crippen LogP contribution in [0.5, 0.6) is 0 Å². The van der Waals surface area contributed by atoms with Gasteiger partial charge in [0, 0.05) is 30.6 Å². The summed E-state index contributed by atoms with van der Waals surface area (Å²) in [6, 6.07) is 8.33. The normalized spacial score (nSPS) is 12.1. The fourth-order valence-corrected chi connectivity index (χ4v) is 3.71.